The number of halogens is 1. The molecule has 2 amide bonds. The Morgan fingerprint density at radius 3 is 2.64 bits per heavy atom. The van der Waals surface area contributed by atoms with E-state index in [0.717, 1.165) is 10.5 Å². The van der Waals surface area contributed by atoms with Crippen LogP contribution < -0.4 is 4.90 Å². The first-order chi connectivity index (χ1) is 10.4. The topological polar surface area (TPSA) is 74.7 Å². The van der Waals surface area contributed by atoms with Crippen molar-refractivity contribution in [3.8, 4) is 0 Å². The summed E-state index contributed by atoms with van der Waals surface area (Å²) in [5.41, 5.74) is 1.25. The van der Waals surface area contributed by atoms with Crippen LogP contribution in [0.1, 0.15) is 30.1 Å². The second kappa shape index (κ2) is 5.25. The number of carbonyl (C=O) groups is 3. The molecule has 1 aromatic rings. The molecule has 5 nitrogen and oxygen atoms in total. The number of imide groups is 1. The van der Waals surface area contributed by atoms with E-state index in [1.54, 1.807) is 0 Å². The minimum Gasteiger partial charge on any atom is -0.478 e. The predicted octanol–water partition coefficient (Wildman–Crippen LogP) is 2.88. The van der Waals surface area contributed by atoms with Crippen LogP contribution in [0.3, 0.4) is 0 Å². The van der Waals surface area contributed by atoms with Gasteiger partial charge in [-0.3, -0.25) is 14.5 Å². The van der Waals surface area contributed by atoms with Gasteiger partial charge in [0.05, 0.1) is 28.1 Å². The van der Waals surface area contributed by atoms with Gasteiger partial charge in [-0.25, -0.2) is 4.79 Å². The number of nitrogens with zero attached hydrogens (tertiary/aromatic N) is 1. The fourth-order valence-corrected chi connectivity index (χ4v) is 3.31. The molecule has 0 bridgehead atoms. The predicted molar refractivity (Wildman–Crippen MR) is 80.9 cm³/mol. The van der Waals surface area contributed by atoms with E-state index < -0.39 is 5.97 Å². The smallest absolute Gasteiger partial charge is 0.337 e. The lowest BCUT2D eigenvalue weighted by atomic mass is 9.82. The van der Waals surface area contributed by atoms with Crippen LogP contribution in [0.2, 0.25) is 5.02 Å². The Bertz CT molecular complexity index is 725. The minimum atomic E-state index is -1.19. The van der Waals surface area contributed by atoms with Crippen molar-refractivity contribution in [2.75, 3.05) is 4.90 Å². The van der Waals surface area contributed by atoms with E-state index in [9.17, 15) is 14.4 Å². The summed E-state index contributed by atoms with van der Waals surface area (Å²) in [6.45, 7) is 1.95. The van der Waals surface area contributed by atoms with Gasteiger partial charge in [-0.15, -0.1) is 0 Å². The van der Waals surface area contributed by atoms with Gasteiger partial charge < -0.3 is 5.11 Å². The number of carbonyl (C=O) groups excluding carboxylic acids is 2. The number of benzene rings is 1. The third-order valence-electron chi connectivity index (χ3n) is 4.26. The summed E-state index contributed by atoms with van der Waals surface area (Å²) in [5, 5.41) is 9.20. The lowest BCUT2D eigenvalue weighted by molar-refractivity contribution is -0.122. The Hall–Kier alpha value is -2.14. The maximum Gasteiger partial charge on any atom is 0.337 e. The van der Waals surface area contributed by atoms with E-state index in [4.69, 9.17) is 16.7 Å². The molecule has 22 heavy (non-hydrogen) atoms. The van der Waals surface area contributed by atoms with Gasteiger partial charge >= 0.3 is 5.97 Å². The monoisotopic (exact) mass is 319 g/mol. The maximum atomic E-state index is 12.6. The first-order valence-electron chi connectivity index (χ1n) is 6.96. The average molecular weight is 320 g/mol. The molecule has 0 spiro atoms. The number of fused-ring (bicyclic) bond motifs is 1. The largest absolute Gasteiger partial charge is 0.478 e. The van der Waals surface area contributed by atoms with E-state index >= 15 is 0 Å². The van der Waals surface area contributed by atoms with Crippen LogP contribution in [-0.4, -0.2) is 22.9 Å². The summed E-state index contributed by atoms with van der Waals surface area (Å²) in [6, 6.07) is 4.17. The highest BCUT2D eigenvalue weighted by Gasteiger charge is 2.48. The fraction of sp³-hybridized carbons (Fsp3) is 0.312. The van der Waals surface area contributed by atoms with Crippen LogP contribution in [-0.2, 0) is 9.59 Å². The van der Waals surface area contributed by atoms with Gasteiger partial charge in [0.15, 0.2) is 0 Å². The number of anilines is 1. The Morgan fingerprint density at radius 1 is 1.27 bits per heavy atom. The van der Waals surface area contributed by atoms with E-state index in [1.807, 2.05) is 13.0 Å². The van der Waals surface area contributed by atoms with Gasteiger partial charge in [-0.05, 0) is 38.0 Å². The summed E-state index contributed by atoms with van der Waals surface area (Å²) in [5.74, 6) is -2.42. The average Bonchev–Trinajstić information content (AvgIpc) is 2.71. The maximum absolute atomic E-state index is 12.6. The number of hydrogen-bond donors (Lipinski definition) is 1. The van der Waals surface area contributed by atoms with Crippen LogP contribution in [0, 0.1) is 11.8 Å². The van der Waals surface area contributed by atoms with Gasteiger partial charge in [-0.2, -0.15) is 0 Å². The Kier molecular flexibility index (Phi) is 3.53. The van der Waals surface area contributed by atoms with Crippen molar-refractivity contribution in [2.24, 2.45) is 11.8 Å². The number of hydrogen-bond acceptors (Lipinski definition) is 3. The van der Waals surface area contributed by atoms with Gasteiger partial charge in [0.25, 0.3) is 0 Å². The first kappa shape index (κ1) is 14.8. The van der Waals surface area contributed by atoms with E-state index in [2.05, 4.69) is 0 Å². The van der Waals surface area contributed by atoms with Crippen LogP contribution >= 0.6 is 11.6 Å². The second-order valence-corrected chi connectivity index (χ2v) is 6.09. The summed E-state index contributed by atoms with van der Waals surface area (Å²) in [6.07, 6.45) is 3.11. The summed E-state index contributed by atoms with van der Waals surface area (Å²) < 4.78 is 0. The van der Waals surface area contributed by atoms with E-state index in [0.29, 0.717) is 12.8 Å². The molecule has 1 aliphatic heterocycles. The van der Waals surface area contributed by atoms with Crippen molar-refractivity contribution in [2.45, 2.75) is 19.8 Å². The molecule has 1 aliphatic carbocycles. The third-order valence-corrected chi connectivity index (χ3v) is 4.59. The number of carboxylic acid groups (broad SMARTS) is 1. The van der Waals surface area contributed by atoms with Crippen LogP contribution in [0.25, 0.3) is 0 Å². The Morgan fingerprint density at radius 2 is 1.95 bits per heavy atom. The zero-order valence-electron chi connectivity index (χ0n) is 11.9. The molecule has 1 aromatic carbocycles. The SMILES string of the molecule is CC1=CC[C@@H]2C(=O)N(c3ccc(Cl)c(C(=O)O)c3)C(=O)[C@H]2C1. The molecule has 1 fully saturated rings. The van der Waals surface area contributed by atoms with Crippen LogP contribution in [0.4, 0.5) is 5.69 Å². The molecule has 1 saturated heterocycles. The molecule has 0 unspecified atom stereocenters. The van der Waals surface area contributed by atoms with Gasteiger partial charge in [0.1, 0.15) is 0 Å². The zero-order chi connectivity index (χ0) is 16.0. The zero-order valence-corrected chi connectivity index (χ0v) is 12.6. The number of allylic oxidation sites excluding steroid dienone is 2. The molecule has 114 valence electrons. The molecule has 3 rings (SSSR count). The molecule has 1 heterocycles. The molecule has 1 N–H and O–H groups in total. The summed E-state index contributed by atoms with van der Waals surface area (Å²) >= 11 is 5.83. The van der Waals surface area contributed by atoms with Gasteiger partial charge in [-0.1, -0.05) is 23.3 Å². The summed E-state index contributed by atoms with van der Waals surface area (Å²) in [4.78, 5) is 37.3. The number of aromatic carboxylic acids is 1. The molecule has 0 saturated carbocycles. The van der Waals surface area contributed by atoms with Crippen LogP contribution in [0.5, 0.6) is 0 Å². The van der Waals surface area contributed by atoms with Gasteiger partial charge in [0, 0.05) is 0 Å². The number of rotatable bonds is 2. The molecular weight excluding hydrogens is 306 g/mol. The lowest BCUT2D eigenvalue weighted by Gasteiger charge is -2.18. The molecule has 0 aromatic heterocycles. The fourth-order valence-electron chi connectivity index (χ4n) is 3.11. The second-order valence-electron chi connectivity index (χ2n) is 5.68. The van der Waals surface area contributed by atoms with Gasteiger partial charge in [0.2, 0.25) is 11.8 Å². The molecule has 0 radical (unpaired) electrons. The number of amides is 2. The lowest BCUT2D eigenvalue weighted by Crippen LogP contribution is -2.31. The summed E-state index contributed by atoms with van der Waals surface area (Å²) in [7, 11) is 0. The normalized spacial score (nSPS) is 24.3. The quantitative estimate of drug-likeness (QED) is 0.672. The van der Waals surface area contributed by atoms with Crippen molar-refractivity contribution in [3.05, 3.63) is 40.4 Å². The van der Waals surface area contributed by atoms with Crippen LogP contribution in [0.15, 0.2) is 29.8 Å². The minimum absolute atomic E-state index is 0.0743. The molecule has 2 aliphatic rings. The van der Waals surface area contributed by atoms with Crippen molar-refractivity contribution in [1.82, 2.24) is 0 Å². The highest BCUT2D eigenvalue weighted by molar-refractivity contribution is 6.34. The van der Waals surface area contributed by atoms with Crippen molar-refractivity contribution in [1.29, 1.82) is 0 Å². The Labute approximate surface area is 132 Å². The standard InChI is InChI=1S/C16H14ClNO4/c1-8-2-4-10-11(6-8)15(20)18(14(10)19)9-3-5-13(17)12(7-9)16(21)22/h2-3,5,7,10-11H,4,6H2,1H3,(H,21,22)/t10-,11-/m0/s1. The molecule has 2 atom stereocenters. The highest BCUT2D eigenvalue weighted by atomic mass is 35.5. The van der Waals surface area contributed by atoms with Crippen molar-refractivity contribution < 1.29 is 19.5 Å². The Balaban J connectivity index is 2.00. The van der Waals surface area contributed by atoms with E-state index in [-0.39, 0.29) is 39.9 Å². The number of carboxylic acids is 1. The van der Waals surface area contributed by atoms with Crippen molar-refractivity contribution in [3.63, 3.8) is 0 Å². The first-order valence-corrected chi connectivity index (χ1v) is 7.34. The van der Waals surface area contributed by atoms with E-state index in [1.165, 1.54) is 18.2 Å². The highest BCUT2D eigenvalue weighted by Crippen LogP contribution is 2.40. The van der Waals surface area contributed by atoms with Crippen molar-refractivity contribution >= 4 is 35.1 Å². The molecular formula is C16H14ClNO4. The third kappa shape index (κ3) is 2.22. The molecule has 6 heteroatoms.